The monoisotopic (exact) mass is 293 g/mol. The summed E-state index contributed by atoms with van der Waals surface area (Å²) in [6, 6.07) is 4.77. The van der Waals surface area contributed by atoms with E-state index in [1.807, 2.05) is 0 Å². The Bertz CT molecular complexity index is 359. The van der Waals surface area contributed by atoms with E-state index in [0.29, 0.717) is 29.5 Å². The highest BCUT2D eigenvalue weighted by atomic mass is 79.9. The summed E-state index contributed by atoms with van der Waals surface area (Å²) in [4.78, 5) is 10.4. The van der Waals surface area contributed by atoms with E-state index < -0.39 is 0 Å². The summed E-state index contributed by atoms with van der Waals surface area (Å²) in [5, 5.41) is 2.52. The molecule has 0 aliphatic rings. The standard InChI is InChI=1S/C10H10BrClFNO/c11-7-3-4-9(8(13)6-7)14-5-1-2-10(12)15/h3-4,6,14H,1-2,5H2. The van der Waals surface area contributed by atoms with E-state index >= 15 is 0 Å². The van der Waals surface area contributed by atoms with Crippen LogP contribution in [-0.2, 0) is 4.79 Å². The Morgan fingerprint density at radius 2 is 2.27 bits per heavy atom. The second-order valence-electron chi connectivity index (χ2n) is 3.01. The van der Waals surface area contributed by atoms with E-state index in [1.165, 1.54) is 6.07 Å². The van der Waals surface area contributed by atoms with E-state index in [4.69, 9.17) is 11.6 Å². The molecule has 0 aliphatic heterocycles. The van der Waals surface area contributed by atoms with Gasteiger partial charge in [-0.3, -0.25) is 4.79 Å². The van der Waals surface area contributed by atoms with Gasteiger partial charge < -0.3 is 5.32 Å². The number of rotatable bonds is 5. The molecule has 0 atom stereocenters. The van der Waals surface area contributed by atoms with Crippen molar-refractivity contribution in [2.45, 2.75) is 12.8 Å². The molecule has 0 fully saturated rings. The third-order valence-electron chi connectivity index (χ3n) is 1.80. The van der Waals surface area contributed by atoms with Crippen LogP contribution < -0.4 is 5.32 Å². The minimum Gasteiger partial charge on any atom is -0.383 e. The zero-order valence-electron chi connectivity index (χ0n) is 7.90. The van der Waals surface area contributed by atoms with E-state index in [1.54, 1.807) is 12.1 Å². The average molecular weight is 295 g/mol. The number of hydrogen-bond donors (Lipinski definition) is 1. The molecule has 82 valence electrons. The van der Waals surface area contributed by atoms with Crippen LogP contribution in [0, 0.1) is 5.82 Å². The average Bonchev–Trinajstić information content (AvgIpc) is 2.14. The second-order valence-corrected chi connectivity index (χ2v) is 4.35. The van der Waals surface area contributed by atoms with Gasteiger partial charge in [0.1, 0.15) is 5.82 Å². The lowest BCUT2D eigenvalue weighted by molar-refractivity contribution is -0.111. The zero-order chi connectivity index (χ0) is 11.3. The number of carbonyl (C=O) groups is 1. The van der Waals surface area contributed by atoms with Crippen molar-refractivity contribution in [2.24, 2.45) is 0 Å². The van der Waals surface area contributed by atoms with Gasteiger partial charge in [0.15, 0.2) is 0 Å². The lowest BCUT2D eigenvalue weighted by atomic mass is 10.3. The third-order valence-corrected chi connectivity index (χ3v) is 2.48. The maximum Gasteiger partial charge on any atom is 0.221 e. The fourth-order valence-electron chi connectivity index (χ4n) is 1.08. The molecular weight excluding hydrogens is 284 g/mol. The van der Waals surface area contributed by atoms with Crippen molar-refractivity contribution in [3.05, 3.63) is 28.5 Å². The molecule has 0 heterocycles. The summed E-state index contributed by atoms with van der Waals surface area (Å²) in [6.45, 7) is 0.525. The van der Waals surface area contributed by atoms with Crippen molar-refractivity contribution in [2.75, 3.05) is 11.9 Å². The summed E-state index contributed by atoms with van der Waals surface area (Å²) in [7, 11) is 0. The summed E-state index contributed by atoms with van der Waals surface area (Å²) >= 11 is 8.33. The van der Waals surface area contributed by atoms with Crippen molar-refractivity contribution in [1.29, 1.82) is 0 Å². The van der Waals surface area contributed by atoms with Gasteiger partial charge in [-0.25, -0.2) is 4.39 Å². The van der Waals surface area contributed by atoms with E-state index in [2.05, 4.69) is 21.2 Å². The molecule has 0 saturated carbocycles. The van der Waals surface area contributed by atoms with Crippen LogP contribution in [0.15, 0.2) is 22.7 Å². The first-order valence-electron chi connectivity index (χ1n) is 4.47. The molecule has 5 heteroatoms. The van der Waals surface area contributed by atoms with Crippen molar-refractivity contribution in [3.63, 3.8) is 0 Å². The van der Waals surface area contributed by atoms with Gasteiger partial charge in [-0.15, -0.1) is 0 Å². The summed E-state index contributed by atoms with van der Waals surface area (Å²) in [5.41, 5.74) is 0.431. The SMILES string of the molecule is O=C(Cl)CCCNc1ccc(Br)cc1F. The molecule has 1 aromatic carbocycles. The van der Waals surface area contributed by atoms with Gasteiger partial charge in [0.05, 0.1) is 5.69 Å². The molecule has 0 aliphatic carbocycles. The quantitative estimate of drug-likeness (QED) is 0.665. The molecule has 0 unspecified atom stereocenters. The molecule has 0 saturated heterocycles. The predicted molar refractivity (Wildman–Crippen MR) is 62.7 cm³/mol. The van der Waals surface area contributed by atoms with Crippen LogP contribution in [0.25, 0.3) is 0 Å². The Morgan fingerprint density at radius 3 is 2.87 bits per heavy atom. The third kappa shape index (κ3) is 4.62. The molecule has 0 spiro atoms. The first-order chi connectivity index (χ1) is 7.09. The van der Waals surface area contributed by atoms with Crippen molar-refractivity contribution < 1.29 is 9.18 Å². The topological polar surface area (TPSA) is 29.1 Å². The van der Waals surface area contributed by atoms with Gasteiger partial charge in [-0.1, -0.05) is 15.9 Å². The Morgan fingerprint density at radius 1 is 1.53 bits per heavy atom. The summed E-state index contributed by atoms with van der Waals surface area (Å²) in [6.07, 6.45) is 0.893. The molecule has 0 bridgehead atoms. The van der Waals surface area contributed by atoms with Gasteiger partial charge >= 0.3 is 0 Å². The number of anilines is 1. The number of carbonyl (C=O) groups excluding carboxylic acids is 1. The lowest BCUT2D eigenvalue weighted by Gasteiger charge is -2.06. The minimum absolute atomic E-state index is 0.298. The molecule has 2 nitrogen and oxygen atoms in total. The fourth-order valence-corrected chi connectivity index (χ4v) is 1.55. The Hall–Kier alpha value is -0.610. The molecule has 1 aromatic rings. The van der Waals surface area contributed by atoms with Crippen LogP contribution in [0.3, 0.4) is 0 Å². The van der Waals surface area contributed by atoms with Crippen LogP contribution in [0.1, 0.15) is 12.8 Å². The van der Waals surface area contributed by atoms with E-state index in [9.17, 15) is 9.18 Å². The van der Waals surface area contributed by atoms with Crippen LogP contribution >= 0.6 is 27.5 Å². The van der Waals surface area contributed by atoms with Crippen molar-refractivity contribution in [1.82, 2.24) is 0 Å². The largest absolute Gasteiger partial charge is 0.383 e. The van der Waals surface area contributed by atoms with Crippen LogP contribution in [-0.4, -0.2) is 11.8 Å². The van der Waals surface area contributed by atoms with E-state index in [0.717, 1.165) is 0 Å². The highest BCUT2D eigenvalue weighted by molar-refractivity contribution is 9.10. The van der Waals surface area contributed by atoms with Gasteiger partial charge in [0.25, 0.3) is 0 Å². The Balaban J connectivity index is 2.40. The normalized spacial score (nSPS) is 10.1. The van der Waals surface area contributed by atoms with Crippen molar-refractivity contribution in [3.8, 4) is 0 Å². The second kappa shape index (κ2) is 6.08. The molecule has 0 radical (unpaired) electrons. The molecule has 0 amide bonds. The van der Waals surface area contributed by atoms with Gasteiger partial charge in [-0.05, 0) is 36.2 Å². The Kier molecular flexibility index (Phi) is 5.05. The van der Waals surface area contributed by atoms with Gasteiger partial charge in [-0.2, -0.15) is 0 Å². The smallest absolute Gasteiger partial charge is 0.221 e. The maximum absolute atomic E-state index is 13.3. The van der Waals surface area contributed by atoms with Gasteiger partial charge in [0.2, 0.25) is 5.24 Å². The summed E-state index contributed by atoms with van der Waals surface area (Å²) in [5.74, 6) is -0.318. The molecular formula is C10H10BrClFNO. The zero-order valence-corrected chi connectivity index (χ0v) is 10.2. The van der Waals surface area contributed by atoms with Crippen LogP contribution in [0.2, 0.25) is 0 Å². The van der Waals surface area contributed by atoms with E-state index in [-0.39, 0.29) is 11.1 Å². The maximum atomic E-state index is 13.3. The summed E-state index contributed by atoms with van der Waals surface area (Å²) < 4.78 is 13.9. The molecule has 15 heavy (non-hydrogen) atoms. The fraction of sp³-hybridized carbons (Fsp3) is 0.300. The molecule has 1 rings (SSSR count). The molecule has 1 N–H and O–H groups in total. The highest BCUT2D eigenvalue weighted by Crippen LogP contribution is 2.19. The number of halogens is 3. The molecule has 0 aromatic heterocycles. The highest BCUT2D eigenvalue weighted by Gasteiger charge is 2.02. The number of hydrogen-bond acceptors (Lipinski definition) is 2. The van der Waals surface area contributed by atoms with Crippen LogP contribution in [0.4, 0.5) is 10.1 Å². The van der Waals surface area contributed by atoms with Crippen molar-refractivity contribution >= 4 is 38.5 Å². The number of nitrogens with one attached hydrogen (secondary N) is 1. The minimum atomic E-state index is -0.368. The predicted octanol–water partition coefficient (Wildman–Crippen LogP) is 3.55. The van der Waals surface area contributed by atoms with Gasteiger partial charge in [0, 0.05) is 17.4 Å². The Labute approximate surface area is 101 Å². The van der Waals surface area contributed by atoms with Crippen LogP contribution in [0.5, 0.6) is 0 Å². The first kappa shape index (κ1) is 12.5. The lowest BCUT2D eigenvalue weighted by Crippen LogP contribution is -2.04. The number of benzene rings is 1. The first-order valence-corrected chi connectivity index (χ1v) is 5.64.